The molecule has 1 heterocycles. The van der Waals surface area contributed by atoms with Gasteiger partial charge in [-0.3, -0.25) is 0 Å². The normalized spacial score (nSPS) is 41.5. The van der Waals surface area contributed by atoms with E-state index in [1.165, 1.54) is 31.2 Å². The predicted octanol–water partition coefficient (Wildman–Crippen LogP) is 4.42. The highest BCUT2D eigenvalue weighted by Gasteiger charge is 2.54. The molecule has 2 bridgehead atoms. The van der Waals surface area contributed by atoms with Crippen LogP contribution in [-0.2, 0) is 21.2 Å². The fourth-order valence-corrected chi connectivity index (χ4v) is 4.50. The summed E-state index contributed by atoms with van der Waals surface area (Å²) in [5.41, 5.74) is 4.82. The minimum atomic E-state index is -0.266. The van der Waals surface area contributed by atoms with Crippen LogP contribution in [0.1, 0.15) is 77.0 Å². The van der Waals surface area contributed by atoms with E-state index in [0.717, 1.165) is 0 Å². The molecule has 1 aromatic carbocycles. The molecule has 0 spiro atoms. The van der Waals surface area contributed by atoms with Crippen molar-refractivity contribution in [3.8, 4) is 0 Å². The summed E-state index contributed by atoms with van der Waals surface area (Å²) in [4.78, 5) is 0. The van der Waals surface area contributed by atoms with Gasteiger partial charge >= 0.3 is 0 Å². The van der Waals surface area contributed by atoms with E-state index in [9.17, 15) is 5.11 Å². The summed E-state index contributed by atoms with van der Waals surface area (Å²) in [5.74, 6) is 0. The smallest absolute Gasteiger partial charge is 0.119 e. The molecule has 1 aliphatic heterocycles. The molecule has 3 aliphatic carbocycles. The van der Waals surface area contributed by atoms with E-state index in [4.69, 9.17) is 4.74 Å². The van der Waals surface area contributed by atoms with Crippen molar-refractivity contribution in [2.45, 2.75) is 82.8 Å². The third-order valence-electron chi connectivity index (χ3n) is 6.46. The molecule has 1 N–H and O–H groups in total. The van der Waals surface area contributed by atoms with Crippen LogP contribution >= 0.6 is 0 Å². The number of aliphatic hydroxyl groups is 1. The molecule has 1 saturated heterocycles. The number of fused-ring (bicyclic) bond motifs is 2. The molecule has 4 aliphatic rings. The lowest BCUT2D eigenvalue weighted by Crippen LogP contribution is -2.44. The molecule has 2 atom stereocenters. The van der Waals surface area contributed by atoms with Gasteiger partial charge in [-0.05, 0) is 60.1 Å². The van der Waals surface area contributed by atoms with Crippen LogP contribution in [0.15, 0.2) is 18.2 Å². The van der Waals surface area contributed by atoms with Crippen LogP contribution in [0.5, 0.6) is 0 Å². The summed E-state index contributed by atoms with van der Waals surface area (Å²) >= 11 is 0. The first-order valence-electron chi connectivity index (χ1n) is 8.86. The highest BCUT2D eigenvalue weighted by molar-refractivity contribution is 5.48. The Morgan fingerprint density at radius 3 is 2.05 bits per heavy atom. The lowest BCUT2D eigenvalue weighted by Gasteiger charge is -2.52. The zero-order valence-electron chi connectivity index (χ0n) is 14.7. The molecule has 0 radical (unpaired) electrons. The molecule has 1 unspecified atom stereocenters. The quantitative estimate of drug-likeness (QED) is 0.820. The van der Waals surface area contributed by atoms with Crippen molar-refractivity contribution in [3.05, 3.63) is 34.9 Å². The van der Waals surface area contributed by atoms with Crippen LogP contribution < -0.4 is 0 Å². The maximum absolute atomic E-state index is 9.31. The van der Waals surface area contributed by atoms with Gasteiger partial charge in [-0.1, -0.05) is 45.9 Å². The summed E-state index contributed by atoms with van der Waals surface area (Å²) in [6.07, 6.45) is 5.23. The SMILES string of the molecule is CC.CC12CCC(C)(CC1)c1cc([C@@]3(C)OC3CO)ccc12. The topological polar surface area (TPSA) is 32.8 Å². The minimum Gasteiger partial charge on any atom is -0.394 e. The Morgan fingerprint density at radius 2 is 1.55 bits per heavy atom. The first kappa shape index (κ1) is 16.0. The summed E-state index contributed by atoms with van der Waals surface area (Å²) in [7, 11) is 0. The van der Waals surface area contributed by atoms with Crippen molar-refractivity contribution in [3.63, 3.8) is 0 Å². The molecule has 2 heteroatoms. The van der Waals surface area contributed by atoms with Gasteiger partial charge in [0.05, 0.1) is 6.61 Å². The Balaban J connectivity index is 0.000000693. The Kier molecular flexibility index (Phi) is 3.69. The lowest BCUT2D eigenvalue weighted by atomic mass is 9.52. The maximum atomic E-state index is 9.31. The lowest BCUT2D eigenvalue weighted by molar-refractivity contribution is 0.187. The molecule has 1 saturated carbocycles. The van der Waals surface area contributed by atoms with E-state index in [-0.39, 0.29) is 18.3 Å². The second-order valence-corrected chi connectivity index (χ2v) is 7.78. The van der Waals surface area contributed by atoms with Gasteiger partial charge in [-0.2, -0.15) is 0 Å². The fraction of sp³-hybridized carbons (Fsp3) is 0.700. The number of benzene rings is 1. The number of rotatable bonds is 2. The first-order chi connectivity index (χ1) is 10.4. The van der Waals surface area contributed by atoms with Crippen molar-refractivity contribution < 1.29 is 9.84 Å². The van der Waals surface area contributed by atoms with E-state index in [0.29, 0.717) is 10.8 Å². The average molecular weight is 302 g/mol. The molecular weight excluding hydrogens is 272 g/mol. The van der Waals surface area contributed by atoms with Crippen LogP contribution in [0.4, 0.5) is 0 Å². The summed E-state index contributed by atoms with van der Waals surface area (Å²) in [6, 6.07) is 6.94. The number of aliphatic hydroxyl groups excluding tert-OH is 1. The monoisotopic (exact) mass is 302 g/mol. The molecule has 2 fully saturated rings. The van der Waals surface area contributed by atoms with E-state index >= 15 is 0 Å². The van der Waals surface area contributed by atoms with Gasteiger partial charge < -0.3 is 9.84 Å². The van der Waals surface area contributed by atoms with Crippen LogP contribution in [-0.4, -0.2) is 17.8 Å². The molecule has 0 amide bonds. The Hall–Kier alpha value is -0.860. The van der Waals surface area contributed by atoms with Crippen LogP contribution in [0.2, 0.25) is 0 Å². The van der Waals surface area contributed by atoms with Crippen molar-refractivity contribution in [2.24, 2.45) is 0 Å². The molecule has 2 nitrogen and oxygen atoms in total. The van der Waals surface area contributed by atoms with Gasteiger partial charge in [0, 0.05) is 0 Å². The van der Waals surface area contributed by atoms with Crippen LogP contribution in [0, 0.1) is 0 Å². The highest BCUT2D eigenvalue weighted by atomic mass is 16.6. The molecule has 122 valence electrons. The van der Waals surface area contributed by atoms with Gasteiger partial charge in [0.2, 0.25) is 0 Å². The van der Waals surface area contributed by atoms with E-state index in [1.54, 1.807) is 11.1 Å². The molecular formula is C20H30O2. The Bertz CT molecular complexity index is 569. The third-order valence-corrected chi connectivity index (χ3v) is 6.46. The second kappa shape index (κ2) is 5.07. The summed E-state index contributed by atoms with van der Waals surface area (Å²) in [6.45, 7) is 11.1. The highest BCUT2D eigenvalue weighted by Crippen LogP contribution is 2.57. The number of hydrogen-bond donors (Lipinski definition) is 1. The van der Waals surface area contributed by atoms with Crippen molar-refractivity contribution >= 4 is 0 Å². The van der Waals surface area contributed by atoms with Gasteiger partial charge in [0.1, 0.15) is 11.7 Å². The van der Waals surface area contributed by atoms with Crippen LogP contribution in [0.3, 0.4) is 0 Å². The van der Waals surface area contributed by atoms with Gasteiger partial charge in [0.25, 0.3) is 0 Å². The zero-order valence-corrected chi connectivity index (χ0v) is 14.7. The van der Waals surface area contributed by atoms with E-state index in [2.05, 4.69) is 39.0 Å². The van der Waals surface area contributed by atoms with Crippen LogP contribution in [0.25, 0.3) is 0 Å². The summed E-state index contributed by atoms with van der Waals surface area (Å²) in [5, 5.41) is 9.31. The number of hydrogen-bond acceptors (Lipinski definition) is 2. The number of ether oxygens (including phenoxy) is 1. The van der Waals surface area contributed by atoms with Crippen molar-refractivity contribution in [2.75, 3.05) is 6.61 Å². The Morgan fingerprint density at radius 1 is 1.00 bits per heavy atom. The fourth-order valence-electron chi connectivity index (χ4n) is 4.50. The predicted molar refractivity (Wildman–Crippen MR) is 90.3 cm³/mol. The zero-order chi connectivity index (χ0) is 16.2. The van der Waals surface area contributed by atoms with E-state index in [1.807, 2.05) is 13.8 Å². The van der Waals surface area contributed by atoms with Gasteiger partial charge in [-0.15, -0.1) is 0 Å². The Labute approximate surface area is 134 Å². The van der Waals surface area contributed by atoms with Gasteiger partial charge in [0.15, 0.2) is 0 Å². The average Bonchev–Trinajstić information content (AvgIpc) is 3.24. The van der Waals surface area contributed by atoms with Crippen molar-refractivity contribution in [1.29, 1.82) is 0 Å². The van der Waals surface area contributed by atoms with Gasteiger partial charge in [-0.25, -0.2) is 0 Å². The van der Waals surface area contributed by atoms with Crippen molar-refractivity contribution in [1.82, 2.24) is 0 Å². The largest absolute Gasteiger partial charge is 0.394 e. The second-order valence-electron chi connectivity index (χ2n) is 7.78. The summed E-state index contributed by atoms with van der Waals surface area (Å²) < 4.78 is 5.72. The first-order valence-corrected chi connectivity index (χ1v) is 8.86. The van der Waals surface area contributed by atoms with E-state index < -0.39 is 0 Å². The molecule has 0 aromatic heterocycles. The maximum Gasteiger partial charge on any atom is 0.119 e. The molecule has 1 aromatic rings. The minimum absolute atomic E-state index is 0.0234. The third kappa shape index (κ3) is 2.07. The number of epoxide rings is 1. The molecule has 5 rings (SSSR count). The standard InChI is InChI=1S/C18H24O2.C2H6/c1-16-6-8-17(2,9-7-16)14-10-12(4-5-13(14)16)18(3)15(11-19)20-18;1-2/h4-5,10,15,19H,6-9,11H2,1-3H3;1-2H3/t15?,16?,17?,18-;/m1./s1. The molecule has 22 heavy (non-hydrogen) atoms.